The monoisotopic (exact) mass is 255 g/mol. The highest BCUT2D eigenvalue weighted by molar-refractivity contribution is 7.99. The summed E-state index contributed by atoms with van der Waals surface area (Å²) >= 11 is 1.61. The zero-order valence-corrected chi connectivity index (χ0v) is 10.8. The summed E-state index contributed by atoms with van der Waals surface area (Å²) in [7, 11) is 0. The maximum Gasteiger partial charge on any atom is 0.181 e. The van der Waals surface area contributed by atoms with E-state index < -0.39 is 0 Å². The molecular formula is C14H13N3S. The molecular weight excluding hydrogens is 242 g/mol. The molecule has 0 unspecified atom stereocenters. The SMILES string of the molecule is Cc1ccc(NC#N)c(Sc2ccc(N)cc2)c1. The van der Waals surface area contributed by atoms with Crippen LogP contribution in [0.15, 0.2) is 52.3 Å². The van der Waals surface area contributed by atoms with E-state index in [4.69, 9.17) is 11.0 Å². The smallest absolute Gasteiger partial charge is 0.181 e. The van der Waals surface area contributed by atoms with Gasteiger partial charge >= 0.3 is 0 Å². The maximum atomic E-state index is 8.73. The number of nitrogens with two attached hydrogens (primary N) is 1. The first kappa shape index (κ1) is 12.3. The Morgan fingerprint density at radius 1 is 1.17 bits per heavy atom. The van der Waals surface area contributed by atoms with E-state index in [0.717, 1.165) is 26.7 Å². The Labute approximate surface area is 111 Å². The van der Waals surface area contributed by atoms with E-state index in [1.54, 1.807) is 11.8 Å². The molecule has 0 aliphatic rings. The number of nitrogen functional groups attached to an aromatic ring is 1. The summed E-state index contributed by atoms with van der Waals surface area (Å²) in [6, 6.07) is 13.6. The average Bonchev–Trinajstić information content (AvgIpc) is 2.36. The summed E-state index contributed by atoms with van der Waals surface area (Å²) in [5.41, 5.74) is 8.39. The van der Waals surface area contributed by atoms with Crippen LogP contribution in [0.1, 0.15) is 5.56 Å². The van der Waals surface area contributed by atoms with Gasteiger partial charge in [-0.2, -0.15) is 5.26 Å². The van der Waals surface area contributed by atoms with Crippen LogP contribution >= 0.6 is 11.8 Å². The Balaban J connectivity index is 2.30. The lowest BCUT2D eigenvalue weighted by atomic mass is 10.2. The fraction of sp³-hybridized carbons (Fsp3) is 0.0714. The fourth-order valence-electron chi connectivity index (χ4n) is 1.54. The van der Waals surface area contributed by atoms with Crippen LogP contribution in [0, 0.1) is 18.4 Å². The molecule has 0 radical (unpaired) electrons. The van der Waals surface area contributed by atoms with Crippen LogP contribution in [0.3, 0.4) is 0 Å². The largest absolute Gasteiger partial charge is 0.399 e. The molecule has 0 spiro atoms. The number of nitrogens with one attached hydrogen (secondary N) is 1. The first-order valence-corrected chi connectivity index (χ1v) is 6.30. The summed E-state index contributed by atoms with van der Waals surface area (Å²) in [5, 5.41) is 11.4. The normalized spacial score (nSPS) is 9.78. The van der Waals surface area contributed by atoms with E-state index in [0.29, 0.717) is 0 Å². The first-order valence-electron chi connectivity index (χ1n) is 5.48. The van der Waals surface area contributed by atoms with Gasteiger partial charge < -0.3 is 5.73 Å². The number of rotatable bonds is 3. The molecule has 4 heteroatoms. The summed E-state index contributed by atoms with van der Waals surface area (Å²) in [5.74, 6) is 0. The second kappa shape index (κ2) is 5.48. The van der Waals surface area contributed by atoms with Gasteiger partial charge in [0.1, 0.15) is 0 Å². The Hall–Kier alpha value is -2.12. The Morgan fingerprint density at radius 3 is 2.56 bits per heavy atom. The van der Waals surface area contributed by atoms with Crippen LogP contribution in [0.5, 0.6) is 0 Å². The van der Waals surface area contributed by atoms with Crippen LogP contribution < -0.4 is 11.1 Å². The molecule has 2 rings (SSSR count). The van der Waals surface area contributed by atoms with Crippen molar-refractivity contribution in [2.24, 2.45) is 0 Å². The quantitative estimate of drug-likeness (QED) is 0.499. The van der Waals surface area contributed by atoms with Crippen molar-refractivity contribution < 1.29 is 0 Å². The molecule has 0 bridgehead atoms. The van der Waals surface area contributed by atoms with E-state index in [1.807, 2.05) is 49.5 Å². The summed E-state index contributed by atoms with van der Waals surface area (Å²) in [6.07, 6.45) is 1.96. The number of nitrogens with zero attached hydrogens (tertiary/aromatic N) is 1. The number of aryl methyl sites for hydroxylation is 1. The minimum atomic E-state index is 0.749. The molecule has 0 heterocycles. The second-order valence-electron chi connectivity index (χ2n) is 3.91. The number of hydrogen-bond acceptors (Lipinski definition) is 4. The zero-order chi connectivity index (χ0) is 13.0. The van der Waals surface area contributed by atoms with Crippen molar-refractivity contribution in [2.45, 2.75) is 16.7 Å². The predicted molar refractivity (Wildman–Crippen MR) is 75.4 cm³/mol. The van der Waals surface area contributed by atoms with Crippen LogP contribution in [0.4, 0.5) is 11.4 Å². The second-order valence-corrected chi connectivity index (χ2v) is 5.02. The number of hydrogen-bond donors (Lipinski definition) is 2. The minimum Gasteiger partial charge on any atom is -0.399 e. The van der Waals surface area contributed by atoms with E-state index >= 15 is 0 Å². The average molecular weight is 255 g/mol. The Bertz CT molecular complexity index is 585. The molecule has 0 saturated heterocycles. The molecule has 0 atom stereocenters. The van der Waals surface area contributed by atoms with E-state index in [1.165, 1.54) is 0 Å². The van der Waals surface area contributed by atoms with Gasteiger partial charge in [-0.1, -0.05) is 17.8 Å². The van der Waals surface area contributed by atoms with Crippen molar-refractivity contribution in [3.05, 3.63) is 48.0 Å². The highest BCUT2D eigenvalue weighted by Gasteiger charge is 2.04. The lowest BCUT2D eigenvalue weighted by molar-refractivity contribution is 1.33. The molecule has 0 aliphatic carbocycles. The molecule has 18 heavy (non-hydrogen) atoms. The highest BCUT2D eigenvalue weighted by atomic mass is 32.2. The Morgan fingerprint density at radius 2 is 1.89 bits per heavy atom. The minimum absolute atomic E-state index is 0.749. The van der Waals surface area contributed by atoms with Crippen molar-refractivity contribution in [1.82, 2.24) is 0 Å². The topological polar surface area (TPSA) is 61.8 Å². The van der Waals surface area contributed by atoms with Gasteiger partial charge in [-0.3, -0.25) is 5.32 Å². The molecule has 2 aromatic rings. The summed E-state index contributed by atoms with van der Waals surface area (Å²) in [4.78, 5) is 2.12. The van der Waals surface area contributed by atoms with Gasteiger partial charge in [-0.25, -0.2) is 0 Å². The van der Waals surface area contributed by atoms with Gasteiger partial charge in [-0.05, 0) is 48.9 Å². The van der Waals surface area contributed by atoms with Gasteiger partial charge in [0, 0.05) is 15.5 Å². The van der Waals surface area contributed by atoms with Gasteiger partial charge in [0.25, 0.3) is 0 Å². The number of anilines is 2. The molecule has 0 aromatic heterocycles. The van der Waals surface area contributed by atoms with E-state index in [2.05, 4.69) is 11.4 Å². The van der Waals surface area contributed by atoms with Crippen LogP contribution in [0.2, 0.25) is 0 Å². The summed E-state index contributed by atoms with van der Waals surface area (Å²) < 4.78 is 0. The highest BCUT2D eigenvalue weighted by Crippen LogP contribution is 2.34. The lowest BCUT2D eigenvalue weighted by Gasteiger charge is -2.08. The maximum absolute atomic E-state index is 8.73. The van der Waals surface area contributed by atoms with Crippen LogP contribution in [0.25, 0.3) is 0 Å². The van der Waals surface area contributed by atoms with Crippen molar-refractivity contribution >= 4 is 23.1 Å². The van der Waals surface area contributed by atoms with Crippen molar-refractivity contribution in [3.63, 3.8) is 0 Å². The third-order valence-corrected chi connectivity index (χ3v) is 3.50. The molecule has 2 aromatic carbocycles. The molecule has 0 fully saturated rings. The van der Waals surface area contributed by atoms with Crippen molar-refractivity contribution in [2.75, 3.05) is 11.1 Å². The number of benzene rings is 2. The van der Waals surface area contributed by atoms with E-state index in [-0.39, 0.29) is 0 Å². The van der Waals surface area contributed by atoms with E-state index in [9.17, 15) is 0 Å². The van der Waals surface area contributed by atoms with Crippen LogP contribution in [-0.4, -0.2) is 0 Å². The first-order chi connectivity index (χ1) is 8.69. The summed E-state index contributed by atoms with van der Waals surface area (Å²) in [6.45, 7) is 2.03. The standard InChI is InChI=1S/C14H13N3S/c1-10-2-7-13(17-9-15)14(8-10)18-12-5-3-11(16)4-6-12/h2-8,17H,16H2,1H3. The molecule has 90 valence electrons. The molecule has 0 saturated carbocycles. The van der Waals surface area contributed by atoms with Crippen molar-refractivity contribution in [1.29, 1.82) is 5.26 Å². The van der Waals surface area contributed by atoms with Gasteiger partial charge in [0.05, 0.1) is 5.69 Å². The Kier molecular flexibility index (Phi) is 3.75. The van der Waals surface area contributed by atoms with Gasteiger partial charge in [-0.15, -0.1) is 0 Å². The third kappa shape index (κ3) is 2.96. The third-order valence-electron chi connectivity index (χ3n) is 2.44. The predicted octanol–water partition coefficient (Wildman–Crippen LogP) is 3.62. The van der Waals surface area contributed by atoms with Gasteiger partial charge in [0.2, 0.25) is 0 Å². The van der Waals surface area contributed by atoms with Crippen LogP contribution in [-0.2, 0) is 0 Å². The molecule has 3 nitrogen and oxygen atoms in total. The zero-order valence-electron chi connectivity index (χ0n) is 9.97. The molecule has 0 amide bonds. The molecule has 3 N–H and O–H groups in total. The molecule has 0 aliphatic heterocycles. The lowest BCUT2D eigenvalue weighted by Crippen LogP contribution is -1.91. The van der Waals surface area contributed by atoms with Crippen molar-refractivity contribution in [3.8, 4) is 6.19 Å². The fourth-order valence-corrected chi connectivity index (χ4v) is 2.54. The van der Waals surface area contributed by atoms with Gasteiger partial charge in [0.15, 0.2) is 6.19 Å². The number of nitriles is 1.